The van der Waals surface area contributed by atoms with Crippen molar-refractivity contribution in [3.8, 4) is 6.07 Å². The van der Waals surface area contributed by atoms with Gasteiger partial charge in [0.1, 0.15) is 0 Å². The number of rotatable bonds is 5. The molecule has 4 nitrogen and oxygen atoms in total. The minimum absolute atomic E-state index is 0.0750. The van der Waals surface area contributed by atoms with Crippen LogP contribution in [0.3, 0.4) is 0 Å². The van der Waals surface area contributed by atoms with Crippen molar-refractivity contribution in [1.82, 2.24) is 5.32 Å². The molecule has 1 aliphatic rings. The molecule has 0 aliphatic heterocycles. The van der Waals surface area contributed by atoms with Gasteiger partial charge in [0.25, 0.3) is 0 Å². The second-order valence-electron chi connectivity index (χ2n) is 5.99. The lowest BCUT2D eigenvalue weighted by atomic mass is 9.81. The topological polar surface area (TPSA) is 78.9 Å². The Bertz CT molecular complexity index is 527. The molecule has 2 rings (SSSR count). The highest BCUT2D eigenvalue weighted by Gasteiger charge is 2.24. The summed E-state index contributed by atoms with van der Waals surface area (Å²) in [7, 11) is 0. The Balaban J connectivity index is 1.81. The number of nitrogens with two attached hydrogens (primary N) is 1. The number of amides is 1. The van der Waals surface area contributed by atoms with Crippen molar-refractivity contribution in [3.05, 3.63) is 35.4 Å². The smallest absolute Gasteiger partial charge is 0.220 e. The summed E-state index contributed by atoms with van der Waals surface area (Å²) in [5.41, 5.74) is 7.19. The van der Waals surface area contributed by atoms with Crippen LogP contribution in [-0.2, 0) is 4.79 Å². The fourth-order valence-electron chi connectivity index (χ4n) is 2.99. The molecule has 0 aromatic heterocycles. The van der Waals surface area contributed by atoms with E-state index < -0.39 is 0 Å². The van der Waals surface area contributed by atoms with Gasteiger partial charge in [0, 0.05) is 12.0 Å². The molecule has 1 aliphatic carbocycles. The van der Waals surface area contributed by atoms with E-state index in [1.54, 1.807) is 0 Å². The van der Waals surface area contributed by atoms with E-state index in [1.807, 2.05) is 24.3 Å². The average molecular weight is 285 g/mol. The van der Waals surface area contributed by atoms with E-state index in [2.05, 4.69) is 18.3 Å². The third kappa shape index (κ3) is 4.30. The maximum atomic E-state index is 11.2. The lowest BCUT2D eigenvalue weighted by molar-refractivity contribution is -0.122. The number of carbonyl (C=O) groups is 1. The molecule has 1 aromatic carbocycles. The highest BCUT2D eigenvalue weighted by molar-refractivity contribution is 5.76. The van der Waals surface area contributed by atoms with Crippen LogP contribution in [0.5, 0.6) is 0 Å². The van der Waals surface area contributed by atoms with Crippen LogP contribution >= 0.6 is 0 Å². The molecule has 21 heavy (non-hydrogen) atoms. The standard InChI is InChI=1S/C17H23N3O/c1-12(16-4-2-3-14(9-16)10-18)20-11-13-5-7-15(8-6-13)17(19)21/h2-4,9,12-13,15,20H,5-8,11H2,1H3,(H2,19,21)/t12-,13?,15?/m1/s1. The first kappa shape index (κ1) is 15.5. The maximum Gasteiger partial charge on any atom is 0.220 e. The van der Waals surface area contributed by atoms with Gasteiger partial charge in [-0.05, 0) is 62.8 Å². The van der Waals surface area contributed by atoms with Gasteiger partial charge in [0.2, 0.25) is 5.91 Å². The molecular formula is C17H23N3O. The van der Waals surface area contributed by atoms with Crippen molar-refractivity contribution in [1.29, 1.82) is 5.26 Å². The molecule has 0 unspecified atom stereocenters. The van der Waals surface area contributed by atoms with E-state index in [0.29, 0.717) is 11.5 Å². The maximum absolute atomic E-state index is 11.2. The summed E-state index contributed by atoms with van der Waals surface area (Å²) in [6, 6.07) is 10.1. The highest BCUT2D eigenvalue weighted by Crippen LogP contribution is 2.28. The largest absolute Gasteiger partial charge is 0.369 e. The second-order valence-corrected chi connectivity index (χ2v) is 5.99. The Labute approximate surface area is 126 Å². The van der Waals surface area contributed by atoms with Crippen LogP contribution < -0.4 is 11.1 Å². The molecule has 0 spiro atoms. The minimum Gasteiger partial charge on any atom is -0.369 e. The second kappa shape index (κ2) is 7.24. The monoisotopic (exact) mass is 285 g/mol. The van der Waals surface area contributed by atoms with Crippen molar-refractivity contribution >= 4 is 5.91 Å². The summed E-state index contributed by atoms with van der Waals surface area (Å²) in [5.74, 6) is 0.538. The minimum atomic E-state index is -0.150. The lowest BCUT2D eigenvalue weighted by Gasteiger charge is -2.28. The normalized spacial score (nSPS) is 23.2. The molecular weight excluding hydrogens is 262 g/mol. The predicted molar refractivity (Wildman–Crippen MR) is 82.2 cm³/mol. The zero-order valence-electron chi connectivity index (χ0n) is 12.5. The first-order valence-corrected chi connectivity index (χ1v) is 7.63. The van der Waals surface area contributed by atoms with Gasteiger partial charge in [-0.25, -0.2) is 0 Å². The highest BCUT2D eigenvalue weighted by atomic mass is 16.1. The van der Waals surface area contributed by atoms with Crippen molar-refractivity contribution in [3.63, 3.8) is 0 Å². The fraction of sp³-hybridized carbons (Fsp3) is 0.529. The summed E-state index contributed by atoms with van der Waals surface area (Å²) in [6.07, 6.45) is 3.96. The summed E-state index contributed by atoms with van der Waals surface area (Å²) < 4.78 is 0. The van der Waals surface area contributed by atoms with Crippen LogP contribution in [0.4, 0.5) is 0 Å². The number of benzene rings is 1. The van der Waals surface area contributed by atoms with Gasteiger partial charge < -0.3 is 11.1 Å². The predicted octanol–water partition coefficient (Wildman–Crippen LogP) is 2.50. The van der Waals surface area contributed by atoms with Crippen LogP contribution in [0.2, 0.25) is 0 Å². The van der Waals surface area contributed by atoms with Crippen LogP contribution in [0.1, 0.15) is 49.8 Å². The molecule has 1 amide bonds. The molecule has 0 heterocycles. The number of nitrogens with zero attached hydrogens (tertiary/aromatic N) is 1. The van der Waals surface area contributed by atoms with Crippen LogP contribution in [-0.4, -0.2) is 12.5 Å². The van der Waals surface area contributed by atoms with E-state index >= 15 is 0 Å². The molecule has 0 saturated heterocycles. The molecule has 1 saturated carbocycles. The molecule has 0 bridgehead atoms. The van der Waals surface area contributed by atoms with Crippen LogP contribution in [0.15, 0.2) is 24.3 Å². The number of primary amides is 1. The fourth-order valence-corrected chi connectivity index (χ4v) is 2.99. The molecule has 1 fully saturated rings. The average Bonchev–Trinajstić information content (AvgIpc) is 2.53. The van der Waals surface area contributed by atoms with Crippen molar-refractivity contribution in [2.75, 3.05) is 6.54 Å². The third-order valence-electron chi connectivity index (χ3n) is 4.48. The first-order chi connectivity index (χ1) is 10.1. The van der Waals surface area contributed by atoms with Gasteiger partial charge >= 0.3 is 0 Å². The first-order valence-electron chi connectivity index (χ1n) is 7.63. The van der Waals surface area contributed by atoms with Gasteiger partial charge in [-0.1, -0.05) is 12.1 Å². The number of nitriles is 1. The Morgan fingerprint density at radius 1 is 1.43 bits per heavy atom. The van der Waals surface area contributed by atoms with E-state index in [1.165, 1.54) is 0 Å². The van der Waals surface area contributed by atoms with Crippen LogP contribution in [0.25, 0.3) is 0 Å². The Hall–Kier alpha value is -1.86. The van der Waals surface area contributed by atoms with Gasteiger partial charge in [0.15, 0.2) is 0 Å². The third-order valence-corrected chi connectivity index (χ3v) is 4.48. The molecule has 1 aromatic rings. The SMILES string of the molecule is C[C@@H](NCC1CCC(C(N)=O)CC1)c1cccc(C#N)c1. The van der Waals surface area contributed by atoms with Gasteiger partial charge in [-0.2, -0.15) is 5.26 Å². The molecule has 4 heteroatoms. The van der Waals surface area contributed by atoms with Gasteiger partial charge in [0.05, 0.1) is 11.6 Å². The number of carbonyl (C=O) groups excluding carboxylic acids is 1. The van der Waals surface area contributed by atoms with Crippen LogP contribution in [0, 0.1) is 23.2 Å². The number of nitrogens with one attached hydrogen (secondary N) is 1. The van der Waals surface area contributed by atoms with E-state index in [9.17, 15) is 4.79 Å². The van der Waals surface area contributed by atoms with Gasteiger partial charge in [-0.3, -0.25) is 4.79 Å². The van der Waals surface area contributed by atoms with E-state index in [0.717, 1.165) is 37.8 Å². The summed E-state index contributed by atoms with van der Waals surface area (Å²) in [6.45, 7) is 3.06. The zero-order valence-corrected chi connectivity index (χ0v) is 12.5. The number of hydrogen-bond acceptors (Lipinski definition) is 3. The van der Waals surface area contributed by atoms with Crippen molar-refractivity contribution < 1.29 is 4.79 Å². The quantitative estimate of drug-likeness (QED) is 0.872. The molecule has 3 N–H and O–H groups in total. The Morgan fingerprint density at radius 2 is 2.14 bits per heavy atom. The molecule has 1 atom stereocenters. The Kier molecular flexibility index (Phi) is 5.35. The van der Waals surface area contributed by atoms with E-state index in [4.69, 9.17) is 11.0 Å². The number of hydrogen-bond donors (Lipinski definition) is 2. The zero-order chi connectivity index (χ0) is 15.2. The van der Waals surface area contributed by atoms with Gasteiger partial charge in [-0.15, -0.1) is 0 Å². The Morgan fingerprint density at radius 3 is 2.76 bits per heavy atom. The summed E-state index contributed by atoms with van der Waals surface area (Å²) in [4.78, 5) is 11.2. The summed E-state index contributed by atoms with van der Waals surface area (Å²) in [5, 5.41) is 12.5. The van der Waals surface area contributed by atoms with Crippen molar-refractivity contribution in [2.45, 2.75) is 38.6 Å². The van der Waals surface area contributed by atoms with Crippen molar-refractivity contribution in [2.24, 2.45) is 17.6 Å². The van der Waals surface area contributed by atoms with E-state index in [-0.39, 0.29) is 17.9 Å². The molecule has 112 valence electrons. The summed E-state index contributed by atoms with van der Waals surface area (Å²) >= 11 is 0. The molecule has 0 radical (unpaired) electrons. The lowest BCUT2D eigenvalue weighted by Crippen LogP contribution is -2.32.